The molecule has 0 amide bonds. The van der Waals surface area contributed by atoms with Crippen molar-refractivity contribution in [3.05, 3.63) is 24.6 Å². The minimum Gasteiger partial charge on any atom is -0.216 e. The van der Waals surface area contributed by atoms with Crippen molar-refractivity contribution in [1.29, 1.82) is 0 Å². The van der Waals surface area contributed by atoms with E-state index in [1.807, 2.05) is 0 Å². The second-order valence-corrected chi connectivity index (χ2v) is 2.25. The van der Waals surface area contributed by atoms with Gasteiger partial charge in [0.25, 0.3) is 0 Å². The summed E-state index contributed by atoms with van der Waals surface area (Å²) in [5, 5.41) is 0. The summed E-state index contributed by atoms with van der Waals surface area (Å²) < 4.78 is 109. The van der Waals surface area contributed by atoms with Gasteiger partial charge in [-0.1, -0.05) is 0 Å². The number of allylic oxidation sites excluding steroid dienone is 3. The molecule has 0 fully saturated rings. The van der Waals surface area contributed by atoms with Crippen LogP contribution in [-0.4, -0.2) is 18.5 Å². The molecule has 0 aliphatic rings. The molecule has 0 saturated heterocycles. The van der Waals surface area contributed by atoms with Gasteiger partial charge in [0.2, 0.25) is 0 Å². The third-order valence-corrected chi connectivity index (χ3v) is 0.713. The molecule has 0 radical (unpaired) electrons. The lowest BCUT2D eigenvalue weighted by Gasteiger charge is -1.99. The molecule has 102 valence electrons. The van der Waals surface area contributed by atoms with Gasteiger partial charge in [0.1, 0.15) is 0 Å². The number of rotatable bonds is 0. The monoisotopic (exact) mass is 278 g/mol. The average molecular weight is 278 g/mol. The molecule has 0 spiro atoms. The fourth-order valence-electron chi connectivity index (χ4n) is 0.260. The van der Waals surface area contributed by atoms with Crippen molar-refractivity contribution in [2.24, 2.45) is 0 Å². The average Bonchev–Trinajstić information content (AvgIpc) is 1.97. The Morgan fingerprint density at radius 2 is 0.706 bits per heavy atom. The van der Waals surface area contributed by atoms with E-state index in [-0.39, 0.29) is 0 Å². The first-order chi connectivity index (χ1) is 7.27. The third kappa shape index (κ3) is 25.2. The van der Waals surface area contributed by atoms with E-state index in [9.17, 15) is 43.9 Å². The lowest BCUT2D eigenvalue weighted by Crippen LogP contribution is -2.07. The summed E-state index contributed by atoms with van der Waals surface area (Å²) in [6.45, 7) is 0. The van der Waals surface area contributed by atoms with Crippen LogP contribution in [0.2, 0.25) is 0 Å². The van der Waals surface area contributed by atoms with Crippen LogP contribution in [0.1, 0.15) is 0 Å². The fraction of sp³-hybridized carbons (Fsp3) is 0.429. The Labute approximate surface area is 88.2 Å². The van der Waals surface area contributed by atoms with Crippen molar-refractivity contribution in [2.45, 2.75) is 18.5 Å². The van der Waals surface area contributed by atoms with Crippen LogP contribution in [0.25, 0.3) is 0 Å². The molecule has 0 aromatic rings. The summed E-state index contributed by atoms with van der Waals surface area (Å²) in [7, 11) is 0. The second kappa shape index (κ2) is 6.50. The molecule has 0 nitrogen and oxygen atoms in total. The first-order valence-electron chi connectivity index (χ1n) is 3.45. The van der Waals surface area contributed by atoms with Gasteiger partial charge < -0.3 is 0 Å². The van der Waals surface area contributed by atoms with Gasteiger partial charge in [-0.2, -0.15) is 39.5 Å². The van der Waals surface area contributed by atoms with Crippen molar-refractivity contribution in [1.82, 2.24) is 0 Å². The molecule has 17 heavy (non-hydrogen) atoms. The Bertz CT molecular complexity index is 233. The van der Waals surface area contributed by atoms with E-state index in [4.69, 9.17) is 0 Å². The second-order valence-electron chi connectivity index (χ2n) is 2.25. The van der Waals surface area contributed by atoms with Crippen molar-refractivity contribution >= 4 is 0 Å². The lowest BCUT2D eigenvalue weighted by molar-refractivity contribution is -0.0981. The zero-order chi connectivity index (χ0) is 14.3. The Morgan fingerprint density at radius 1 is 0.471 bits per heavy atom. The molecule has 0 aromatic heterocycles. The third-order valence-electron chi connectivity index (χ3n) is 0.713. The molecule has 0 bridgehead atoms. The molecular formula is C7H4F10. The topological polar surface area (TPSA) is 0 Å². The number of alkyl halides is 9. The zero-order valence-electron chi connectivity index (χ0n) is 7.59. The Kier molecular flexibility index (Phi) is 6.94. The maximum Gasteiger partial charge on any atom is 0.411 e. The zero-order valence-corrected chi connectivity index (χ0v) is 7.59. The van der Waals surface area contributed by atoms with Crippen LogP contribution in [0.15, 0.2) is 24.6 Å². The Hall–Kier alpha value is -1.22. The predicted molar refractivity (Wildman–Crippen MR) is 37.6 cm³/mol. The fourth-order valence-corrected chi connectivity index (χ4v) is 0.260. The predicted octanol–water partition coefficient (Wildman–Crippen LogP) is 4.70. The molecule has 0 saturated carbocycles. The van der Waals surface area contributed by atoms with Crippen LogP contribution in [0.4, 0.5) is 43.9 Å². The Morgan fingerprint density at radius 3 is 0.765 bits per heavy atom. The maximum absolute atomic E-state index is 11.0. The van der Waals surface area contributed by atoms with Crippen LogP contribution < -0.4 is 0 Å². The van der Waals surface area contributed by atoms with Crippen LogP contribution in [0, 0.1) is 0 Å². The first-order valence-corrected chi connectivity index (χ1v) is 3.45. The molecule has 0 heterocycles. The minimum absolute atomic E-state index is 0.479. The van der Waals surface area contributed by atoms with Gasteiger partial charge in [0.05, 0.1) is 6.33 Å². The molecule has 0 atom stereocenters. The van der Waals surface area contributed by atoms with Gasteiger partial charge in [-0.3, -0.25) is 0 Å². The highest BCUT2D eigenvalue weighted by molar-refractivity contribution is 4.93. The summed E-state index contributed by atoms with van der Waals surface area (Å²) in [4.78, 5) is 0. The van der Waals surface area contributed by atoms with E-state index in [0.717, 1.165) is 0 Å². The van der Waals surface area contributed by atoms with Gasteiger partial charge >= 0.3 is 18.5 Å². The highest BCUT2D eigenvalue weighted by atomic mass is 19.4. The van der Waals surface area contributed by atoms with Gasteiger partial charge in [0.15, 0.2) is 0 Å². The SMILES string of the molecule is FC(F)(F)C=CC(F)(F)F.FC=CC(F)(F)F. The molecular weight excluding hydrogens is 274 g/mol. The van der Waals surface area contributed by atoms with E-state index in [1.54, 1.807) is 0 Å². The van der Waals surface area contributed by atoms with E-state index in [0.29, 0.717) is 0 Å². The van der Waals surface area contributed by atoms with E-state index in [2.05, 4.69) is 0 Å². The van der Waals surface area contributed by atoms with Crippen LogP contribution in [0.5, 0.6) is 0 Å². The van der Waals surface area contributed by atoms with Crippen molar-refractivity contribution in [3.8, 4) is 0 Å². The molecule has 0 N–H and O–H groups in total. The first kappa shape index (κ1) is 18.2. The summed E-state index contributed by atoms with van der Waals surface area (Å²) in [5.41, 5.74) is 0. The summed E-state index contributed by atoms with van der Waals surface area (Å²) in [6.07, 6.45) is -17.0. The van der Waals surface area contributed by atoms with Crippen molar-refractivity contribution < 1.29 is 43.9 Å². The highest BCUT2D eigenvalue weighted by Crippen LogP contribution is 2.22. The number of hydrogen-bond donors (Lipinski definition) is 0. The highest BCUT2D eigenvalue weighted by Gasteiger charge is 2.29. The van der Waals surface area contributed by atoms with Gasteiger partial charge in [-0.25, -0.2) is 4.39 Å². The van der Waals surface area contributed by atoms with Crippen LogP contribution in [0.3, 0.4) is 0 Å². The van der Waals surface area contributed by atoms with Crippen LogP contribution in [-0.2, 0) is 0 Å². The molecule has 0 aromatic carbocycles. The van der Waals surface area contributed by atoms with E-state index < -0.39 is 43.1 Å². The normalized spacial score (nSPS) is 14.0. The standard InChI is InChI=1S/C4H2F6.C3H2F4/c5-3(6,7)1-2-4(8,9)10;4-2-1-3(5,6)7/h1-2H;1-2H. The van der Waals surface area contributed by atoms with Crippen molar-refractivity contribution in [2.75, 3.05) is 0 Å². The largest absolute Gasteiger partial charge is 0.411 e. The molecule has 10 heteroatoms. The molecule has 0 rings (SSSR count). The molecule has 0 aliphatic carbocycles. The van der Waals surface area contributed by atoms with E-state index >= 15 is 0 Å². The van der Waals surface area contributed by atoms with Gasteiger partial charge in [0, 0.05) is 18.2 Å². The summed E-state index contributed by atoms with van der Waals surface area (Å²) in [5.74, 6) is 0. The van der Waals surface area contributed by atoms with Gasteiger partial charge in [-0.15, -0.1) is 0 Å². The smallest absolute Gasteiger partial charge is 0.216 e. The number of halogens is 10. The molecule has 0 unspecified atom stereocenters. The summed E-state index contributed by atoms with van der Waals surface area (Å²) in [6, 6.07) is 0. The van der Waals surface area contributed by atoms with Crippen LogP contribution >= 0.6 is 0 Å². The van der Waals surface area contributed by atoms with E-state index in [1.165, 1.54) is 0 Å². The Balaban J connectivity index is 0. The van der Waals surface area contributed by atoms with Crippen molar-refractivity contribution in [3.63, 3.8) is 0 Å². The van der Waals surface area contributed by atoms with Gasteiger partial charge in [-0.05, 0) is 0 Å². The minimum atomic E-state index is -4.89. The molecule has 0 aliphatic heterocycles. The quantitative estimate of drug-likeness (QED) is 0.445. The maximum atomic E-state index is 11.0. The summed E-state index contributed by atoms with van der Waals surface area (Å²) >= 11 is 0. The number of hydrogen-bond acceptors (Lipinski definition) is 0. The lowest BCUT2D eigenvalue weighted by atomic mass is 10.5.